The van der Waals surface area contributed by atoms with Gasteiger partial charge in [-0.25, -0.2) is 4.98 Å². The molecule has 9 nitrogen and oxygen atoms in total. The van der Waals surface area contributed by atoms with Crippen LogP contribution < -0.4 is 20.7 Å². The number of nitrogens with zero attached hydrogens (tertiary/aromatic N) is 2. The summed E-state index contributed by atoms with van der Waals surface area (Å²) in [6, 6.07) is 8.67. The Morgan fingerprint density at radius 1 is 1.38 bits per heavy atom. The van der Waals surface area contributed by atoms with Gasteiger partial charge in [0, 0.05) is 17.1 Å². The summed E-state index contributed by atoms with van der Waals surface area (Å²) in [5, 5.41) is 4.84. The summed E-state index contributed by atoms with van der Waals surface area (Å²) in [6.07, 6.45) is 0.947. The summed E-state index contributed by atoms with van der Waals surface area (Å²) < 4.78 is 5.58. The van der Waals surface area contributed by atoms with Gasteiger partial charge in [0.2, 0.25) is 5.91 Å². The minimum Gasteiger partial charge on any atom is -0.479 e. The van der Waals surface area contributed by atoms with E-state index in [4.69, 9.17) is 10.5 Å². The van der Waals surface area contributed by atoms with Gasteiger partial charge in [-0.2, -0.15) is 0 Å². The van der Waals surface area contributed by atoms with Crippen molar-refractivity contribution in [1.29, 1.82) is 0 Å². The highest BCUT2D eigenvalue weighted by atomic mass is 32.1. The third-order valence-corrected chi connectivity index (χ3v) is 5.13. The van der Waals surface area contributed by atoms with Crippen LogP contribution in [0.5, 0.6) is 5.75 Å². The second kappa shape index (κ2) is 7.40. The number of fused-ring (bicyclic) bond motifs is 1. The maximum Gasteiger partial charge on any atom is 0.268 e. The van der Waals surface area contributed by atoms with Gasteiger partial charge in [0.1, 0.15) is 18.0 Å². The first kappa shape index (κ1) is 18.7. The van der Waals surface area contributed by atoms with E-state index in [1.54, 1.807) is 48.8 Å². The van der Waals surface area contributed by atoms with Crippen molar-refractivity contribution in [2.24, 2.45) is 5.73 Å². The topological polar surface area (TPSA) is 130 Å². The zero-order valence-corrected chi connectivity index (χ0v) is 16.2. The highest BCUT2D eigenvalue weighted by Gasteiger charge is 2.32. The highest BCUT2D eigenvalue weighted by Crippen LogP contribution is 2.33. The monoisotopic (exact) mass is 411 g/mol. The molecule has 4 N–H and O–H groups in total. The second-order valence-electron chi connectivity index (χ2n) is 6.40. The lowest BCUT2D eigenvalue weighted by Gasteiger charge is -2.32. The van der Waals surface area contributed by atoms with E-state index in [9.17, 15) is 14.4 Å². The number of anilines is 2. The Balaban J connectivity index is 1.47. The van der Waals surface area contributed by atoms with Gasteiger partial charge < -0.3 is 20.8 Å². The molecule has 0 saturated heterocycles. The molecule has 3 amide bonds. The number of hydrogen-bond donors (Lipinski definition) is 3. The van der Waals surface area contributed by atoms with Gasteiger partial charge in [-0.05, 0) is 25.1 Å². The fourth-order valence-electron chi connectivity index (χ4n) is 2.97. The number of thiazole rings is 1. The quantitative estimate of drug-likeness (QED) is 0.591. The number of carbonyl (C=O) groups excluding carboxylic acids is 3. The number of benzene rings is 1. The Labute approximate surface area is 169 Å². The molecule has 1 aliphatic heterocycles. The lowest BCUT2D eigenvalue weighted by molar-refractivity contribution is -0.127. The van der Waals surface area contributed by atoms with Gasteiger partial charge in [-0.15, -0.1) is 11.3 Å². The first-order chi connectivity index (χ1) is 13.9. The molecule has 10 heteroatoms. The predicted molar refractivity (Wildman–Crippen MR) is 108 cm³/mol. The predicted octanol–water partition coefficient (Wildman–Crippen LogP) is 1.99. The number of para-hydroxylation sites is 2. The zero-order chi connectivity index (χ0) is 20.5. The van der Waals surface area contributed by atoms with Crippen LogP contribution in [0.15, 0.2) is 41.9 Å². The first-order valence-electron chi connectivity index (χ1n) is 8.73. The average Bonchev–Trinajstić information content (AvgIpc) is 3.35. The third kappa shape index (κ3) is 3.69. The molecule has 3 aromatic rings. The fourth-order valence-corrected chi connectivity index (χ4v) is 3.71. The number of carbonyl (C=O) groups is 3. The maximum atomic E-state index is 12.5. The van der Waals surface area contributed by atoms with Crippen molar-refractivity contribution in [2.45, 2.75) is 13.0 Å². The van der Waals surface area contributed by atoms with Crippen molar-refractivity contribution < 1.29 is 19.1 Å². The number of aromatic amines is 1. The number of nitrogens with one attached hydrogen (secondary N) is 2. The minimum absolute atomic E-state index is 0.158. The number of primary amides is 1. The molecule has 4 rings (SSSR count). The van der Waals surface area contributed by atoms with Crippen LogP contribution in [0.1, 0.15) is 17.4 Å². The smallest absolute Gasteiger partial charge is 0.268 e. The molecule has 0 radical (unpaired) electrons. The summed E-state index contributed by atoms with van der Waals surface area (Å²) in [7, 11) is 0. The van der Waals surface area contributed by atoms with E-state index < -0.39 is 12.0 Å². The second-order valence-corrected chi connectivity index (χ2v) is 7.26. The standard InChI is InChI=1S/C19H17N5O4S/c1-10-18(27)24(14-4-2-3-5-15(14)28-10)8-16(25)23-19-22-13(9-29-19)11-6-12(17(20)26)21-7-11/h2-7,9-10,21H,8H2,1H3,(H2,20,26)(H,22,23,25). The van der Waals surface area contributed by atoms with Crippen molar-refractivity contribution in [3.63, 3.8) is 0 Å². The highest BCUT2D eigenvalue weighted by molar-refractivity contribution is 7.14. The van der Waals surface area contributed by atoms with Crippen molar-refractivity contribution in [3.8, 4) is 17.0 Å². The number of ether oxygens (including phenoxy) is 1. The van der Waals surface area contributed by atoms with Crippen LogP contribution >= 0.6 is 11.3 Å². The molecule has 1 aliphatic rings. The van der Waals surface area contributed by atoms with Crippen LogP contribution in [0.3, 0.4) is 0 Å². The molecule has 3 heterocycles. The molecule has 0 aliphatic carbocycles. The van der Waals surface area contributed by atoms with Gasteiger partial charge in [0.25, 0.3) is 11.8 Å². The van der Waals surface area contributed by atoms with Gasteiger partial charge in [-0.3, -0.25) is 19.3 Å². The van der Waals surface area contributed by atoms with E-state index in [1.165, 1.54) is 16.2 Å². The molecule has 29 heavy (non-hydrogen) atoms. The van der Waals surface area contributed by atoms with E-state index in [0.717, 1.165) is 0 Å². The molecular weight excluding hydrogens is 394 g/mol. The number of rotatable bonds is 5. The van der Waals surface area contributed by atoms with Gasteiger partial charge in [-0.1, -0.05) is 12.1 Å². The molecule has 0 fully saturated rings. The summed E-state index contributed by atoms with van der Waals surface area (Å²) in [5.74, 6) is -0.675. The van der Waals surface area contributed by atoms with Gasteiger partial charge >= 0.3 is 0 Å². The minimum atomic E-state index is -0.669. The lowest BCUT2D eigenvalue weighted by Crippen LogP contribution is -2.47. The summed E-state index contributed by atoms with van der Waals surface area (Å²) in [6.45, 7) is 1.49. The normalized spacial score (nSPS) is 15.6. The van der Waals surface area contributed by atoms with Crippen LogP contribution in [-0.4, -0.2) is 40.3 Å². The Kier molecular flexibility index (Phi) is 4.77. The van der Waals surface area contributed by atoms with Gasteiger partial charge in [0.15, 0.2) is 11.2 Å². The summed E-state index contributed by atoms with van der Waals surface area (Å²) in [4.78, 5) is 44.7. The molecule has 1 aromatic carbocycles. The number of aromatic nitrogens is 2. The molecule has 0 bridgehead atoms. The zero-order valence-electron chi connectivity index (χ0n) is 15.3. The summed E-state index contributed by atoms with van der Waals surface area (Å²) in [5.41, 5.74) is 7.34. The molecule has 2 aromatic heterocycles. The number of hydrogen-bond acceptors (Lipinski definition) is 6. The van der Waals surface area contributed by atoms with E-state index in [-0.39, 0.29) is 24.1 Å². The van der Waals surface area contributed by atoms with Gasteiger partial charge in [0.05, 0.1) is 11.4 Å². The molecule has 0 saturated carbocycles. The molecule has 0 spiro atoms. The van der Waals surface area contributed by atoms with E-state index in [2.05, 4.69) is 15.3 Å². The third-order valence-electron chi connectivity index (χ3n) is 4.37. The van der Waals surface area contributed by atoms with Crippen LogP contribution in [0.2, 0.25) is 0 Å². The SMILES string of the molecule is CC1Oc2ccccc2N(CC(=O)Nc2nc(-c3c[nH]c(C(N)=O)c3)cs2)C1=O. The van der Waals surface area contributed by atoms with Crippen molar-refractivity contribution in [2.75, 3.05) is 16.8 Å². The Bertz CT molecular complexity index is 1110. The fraction of sp³-hybridized carbons (Fsp3) is 0.158. The first-order valence-corrected chi connectivity index (χ1v) is 9.61. The number of amides is 3. The Morgan fingerprint density at radius 3 is 2.93 bits per heavy atom. The summed E-state index contributed by atoms with van der Waals surface area (Å²) >= 11 is 1.24. The van der Waals surface area contributed by atoms with Crippen LogP contribution in [-0.2, 0) is 9.59 Å². The van der Waals surface area contributed by atoms with Crippen LogP contribution in [0.25, 0.3) is 11.3 Å². The van der Waals surface area contributed by atoms with E-state index in [0.29, 0.717) is 27.8 Å². The van der Waals surface area contributed by atoms with E-state index in [1.807, 2.05) is 0 Å². The van der Waals surface area contributed by atoms with Crippen LogP contribution in [0, 0.1) is 0 Å². The van der Waals surface area contributed by atoms with E-state index >= 15 is 0 Å². The van der Waals surface area contributed by atoms with Crippen molar-refractivity contribution in [1.82, 2.24) is 9.97 Å². The molecule has 1 unspecified atom stereocenters. The Morgan fingerprint density at radius 2 is 2.17 bits per heavy atom. The molecule has 1 atom stereocenters. The average molecular weight is 411 g/mol. The molecule has 148 valence electrons. The van der Waals surface area contributed by atoms with Crippen molar-refractivity contribution in [3.05, 3.63) is 47.6 Å². The number of nitrogens with two attached hydrogens (primary N) is 1. The largest absolute Gasteiger partial charge is 0.479 e. The maximum absolute atomic E-state index is 12.5. The molecular formula is C19H17N5O4S. The number of H-pyrrole nitrogens is 1. The van der Waals surface area contributed by atoms with Crippen LogP contribution in [0.4, 0.5) is 10.8 Å². The van der Waals surface area contributed by atoms with Crippen molar-refractivity contribution >= 4 is 39.9 Å². The lowest BCUT2D eigenvalue weighted by atomic mass is 10.2. The Hall–Kier alpha value is -3.66.